The van der Waals surface area contributed by atoms with Crippen LogP contribution in [0.4, 0.5) is 17.6 Å². The molecule has 0 amide bonds. The van der Waals surface area contributed by atoms with Gasteiger partial charge in [0.15, 0.2) is 0 Å². The van der Waals surface area contributed by atoms with E-state index in [-0.39, 0.29) is 6.04 Å². The lowest BCUT2D eigenvalue weighted by Gasteiger charge is -2.18. The molecule has 0 aromatic rings. The topological polar surface area (TPSA) is 21.3 Å². The van der Waals surface area contributed by atoms with Gasteiger partial charge in [-0.05, 0) is 6.42 Å². The number of halogens is 4. The molecule has 1 aliphatic rings. The van der Waals surface area contributed by atoms with E-state index in [1.807, 2.05) is 0 Å². The fourth-order valence-corrected chi connectivity index (χ4v) is 1.05. The van der Waals surface area contributed by atoms with Crippen LogP contribution in [0, 0.1) is 0 Å². The van der Waals surface area contributed by atoms with E-state index >= 15 is 0 Å². The zero-order valence-corrected chi connectivity index (χ0v) is 6.90. The van der Waals surface area contributed by atoms with Crippen molar-refractivity contribution in [3.8, 4) is 0 Å². The van der Waals surface area contributed by atoms with Gasteiger partial charge in [-0.2, -0.15) is 8.78 Å². The molecule has 1 atom stereocenters. The number of alkyl halides is 4. The van der Waals surface area contributed by atoms with Crippen LogP contribution in [0.25, 0.3) is 0 Å². The summed E-state index contributed by atoms with van der Waals surface area (Å²) in [5.41, 5.74) is 0. The summed E-state index contributed by atoms with van der Waals surface area (Å²) < 4.78 is 52.9. The molecular formula is C7H11F4NO. The Morgan fingerprint density at radius 2 is 2.15 bits per heavy atom. The van der Waals surface area contributed by atoms with Gasteiger partial charge in [-0.3, -0.25) is 0 Å². The van der Waals surface area contributed by atoms with Crippen molar-refractivity contribution in [1.82, 2.24) is 5.32 Å². The third-order valence-corrected chi connectivity index (χ3v) is 1.88. The highest BCUT2D eigenvalue weighted by molar-refractivity contribution is 4.78. The molecule has 0 aliphatic carbocycles. The second-order valence-corrected chi connectivity index (χ2v) is 3.00. The lowest BCUT2D eigenvalue weighted by Crippen LogP contribution is -2.43. The maximum absolute atomic E-state index is 12.3. The third-order valence-electron chi connectivity index (χ3n) is 1.88. The largest absolute Gasteiger partial charge is 0.380 e. The van der Waals surface area contributed by atoms with Crippen LogP contribution < -0.4 is 5.32 Å². The third kappa shape index (κ3) is 3.11. The lowest BCUT2D eigenvalue weighted by atomic mass is 10.2. The van der Waals surface area contributed by atoms with Crippen molar-refractivity contribution in [3.63, 3.8) is 0 Å². The smallest absolute Gasteiger partial charge is 0.319 e. The quantitative estimate of drug-likeness (QED) is 0.691. The normalized spacial score (nSPS) is 24.2. The van der Waals surface area contributed by atoms with Gasteiger partial charge in [0, 0.05) is 12.6 Å². The van der Waals surface area contributed by atoms with Crippen LogP contribution in [0.15, 0.2) is 0 Å². The van der Waals surface area contributed by atoms with Gasteiger partial charge < -0.3 is 10.1 Å². The van der Waals surface area contributed by atoms with E-state index in [1.54, 1.807) is 0 Å². The van der Waals surface area contributed by atoms with Gasteiger partial charge in [0.05, 0.1) is 13.2 Å². The molecule has 0 radical (unpaired) electrons. The van der Waals surface area contributed by atoms with E-state index in [9.17, 15) is 17.6 Å². The van der Waals surface area contributed by atoms with E-state index in [0.717, 1.165) is 0 Å². The molecule has 1 N–H and O–H groups in total. The van der Waals surface area contributed by atoms with Crippen molar-refractivity contribution < 1.29 is 22.3 Å². The molecule has 1 unspecified atom stereocenters. The van der Waals surface area contributed by atoms with E-state index in [0.29, 0.717) is 19.6 Å². The first-order valence-corrected chi connectivity index (χ1v) is 3.99. The summed E-state index contributed by atoms with van der Waals surface area (Å²) in [4.78, 5) is 0. The predicted octanol–water partition coefficient (Wildman–Crippen LogP) is 1.27. The first-order chi connectivity index (χ1) is 6.02. The molecule has 6 heteroatoms. The molecule has 0 bridgehead atoms. The standard InChI is InChI=1S/C7H11F4NO/c8-6(9)7(10,11)4-12-5-1-2-13-3-5/h5-6,12H,1-4H2. The van der Waals surface area contributed by atoms with Crippen molar-refractivity contribution >= 4 is 0 Å². The molecule has 1 aliphatic heterocycles. The number of hydrogen-bond acceptors (Lipinski definition) is 2. The summed E-state index contributed by atoms with van der Waals surface area (Å²) in [6.45, 7) is -0.171. The molecule has 0 spiro atoms. The molecular weight excluding hydrogens is 190 g/mol. The second kappa shape index (κ2) is 4.23. The van der Waals surface area contributed by atoms with Crippen LogP contribution in [-0.4, -0.2) is 38.1 Å². The van der Waals surface area contributed by atoms with E-state index in [4.69, 9.17) is 4.74 Å². The molecule has 1 rings (SSSR count). The SMILES string of the molecule is FC(F)C(F)(F)CNC1CCOC1. The van der Waals surface area contributed by atoms with Crippen LogP contribution in [0.5, 0.6) is 0 Å². The van der Waals surface area contributed by atoms with Crippen LogP contribution in [-0.2, 0) is 4.74 Å². The maximum Gasteiger partial charge on any atom is 0.319 e. The van der Waals surface area contributed by atoms with Gasteiger partial charge in [0.25, 0.3) is 0 Å². The van der Waals surface area contributed by atoms with Gasteiger partial charge in [0.2, 0.25) is 0 Å². The molecule has 1 heterocycles. The van der Waals surface area contributed by atoms with Crippen LogP contribution in [0.2, 0.25) is 0 Å². The van der Waals surface area contributed by atoms with Crippen LogP contribution in [0.3, 0.4) is 0 Å². The number of ether oxygens (including phenoxy) is 1. The zero-order valence-electron chi connectivity index (χ0n) is 6.90. The highest BCUT2D eigenvalue weighted by Crippen LogP contribution is 2.22. The van der Waals surface area contributed by atoms with Crippen molar-refractivity contribution in [2.45, 2.75) is 24.8 Å². The first-order valence-electron chi connectivity index (χ1n) is 3.99. The average molecular weight is 201 g/mol. The highest BCUT2D eigenvalue weighted by atomic mass is 19.3. The molecule has 78 valence electrons. The minimum Gasteiger partial charge on any atom is -0.380 e. The van der Waals surface area contributed by atoms with Crippen molar-refractivity contribution in [3.05, 3.63) is 0 Å². The minimum atomic E-state index is -3.94. The van der Waals surface area contributed by atoms with Gasteiger partial charge in [0.1, 0.15) is 0 Å². The monoisotopic (exact) mass is 201 g/mol. The Morgan fingerprint density at radius 3 is 2.62 bits per heavy atom. The Kier molecular flexibility index (Phi) is 3.49. The van der Waals surface area contributed by atoms with Crippen LogP contribution >= 0.6 is 0 Å². The maximum atomic E-state index is 12.3. The number of nitrogens with one attached hydrogen (secondary N) is 1. The van der Waals surface area contributed by atoms with Crippen molar-refractivity contribution in [1.29, 1.82) is 0 Å². The van der Waals surface area contributed by atoms with E-state index in [1.165, 1.54) is 0 Å². The van der Waals surface area contributed by atoms with Gasteiger partial charge in [-0.1, -0.05) is 0 Å². The highest BCUT2D eigenvalue weighted by Gasteiger charge is 2.40. The Labute approximate surface area is 73.2 Å². The molecule has 0 aromatic carbocycles. The Hall–Kier alpha value is -0.360. The fourth-order valence-electron chi connectivity index (χ4n) is 1.05. The zero-order chi connectivity index (χ0) is 9.90. The molecule has 1 fully saturated rings. The summed E-state index contributed by atoms with van der Waals surface area (Å²) in [7, 11) is 0. The molecule has 1 saturated heterocycles. The van der Waals surface area contributed by atoms with Gasteiger partial charge in [-0.25, -0.2) is 8.78 Å². The predicted molar refractivity (Wildman–Crippen MR) is 38.2 cm³/mol. The molecule has 0 aromatic heterocycles. The van der Waals surface area contributed by atoms with Crippen molar-refractivity contribution in [2.75, 3.05) is 19.8 Å². The summed E-state index contributed by atoms with van der Waals surface area (Å²) in [5, 5.41) is 2.35. The van der Waals surface area contributed by atoms with Gasteiger partial charge >= 0.3 is 12.3 Å². The minimum absolute atomic E-state index is 0.218. The summed E-state index contributed by atoms with van der Waals surface area (Å²) in [6, 6.07) is -0.218. The molecule has 0 saturated carbocycles. The Bertz CT molecular complexity index is 159. The second-order valence-electron chi connectivity index (χ2n) is 3.00. The number of hydrogen-bond donors (Lipinski definition) is 1. The van der Waals surface area contributed by atoms with Gasteiger partial charge in [-0.15, -0.1) is 0 Å². The van der Waals surface area contributed by atoms with Crippen LogP contribution in [0.1, 0.15) is 6.42 Å². The average Bonchev–Trinajstić information content (AvgIpc) is 2.52. The summed E-state index contributed by atoms with van der Waals surface area (Å²) in [5.74, 6) is -3.94. The van der Waals surface area contributed by atoms with E-state index in [2.05, 4.69) is 5.32 Å². The number of rotatable bonds is 4. The lowest BCUT2D eigenvalue weighted by molar-refractivity contribution is -0.126. The van der Waals surface area contributed by atoms with Crippen molar-refractivity contribution in [2.24, 2.45) is 0 Å². The first kappa shape index (κ1) is 10.7. The summed E-state index contributed by atoms with van der Waals surface area (Å²) in [6.07, 6.45) is -3.01. The molecule has 13 heavy (non-hydrogen) atoms. The van der Waals surface area contributed by atoms with E-state index < -0.39 is 18.9 Å². The summed E-state index contributed by atoms with van der Waals surface area (Å²) >= 11 is 0. The molecule has 2 nitrogen and oxygen atoms in total. The fraction of sp³-hybridized carbons (Fsp3) is 1.00. The Morgan fingerprint density at radius 1 is 1.46 bits per heavy atom. The Balaban J connectivity index is 2.24.